The molecule has 0 radical (unpaired) electrons. The van der Waals surface area contributed by atoms with Gasteiger partial charge in [-0.1, -0.05) is 72.8 Å². The van der Waals surface area contributed by atoms with E-state index in [-0.39, 0.29) is 23.2 Å². The highest BCUT2D eigenvalue weighted by atomic mass is 32.2. The predicted octanol–water partition coefficient (Wildman–Crippen LogP) is 4.55. The summed E-state index contributed by atoms with van der Waals surface area (Å²) in [6, 6.07) is 26.8. The van der Waals surface area contributed by atoms with E-state index in [1.54, 1.807) is 26.9 Å². The number of hydrogen-bond acceptors (Lipinski definition) is 5. The zero-order valence-corrected chi connectivity index (χ0v) is 22.0. The van der Waals surface area contributed by atoms with Gasteiger partial charge in [0.1, 0.15) is 11.4 Å². The van der Waals surface area contributed by atoms with Crippen molar-refractivity contribution in [1.82, 2.24) is 13.5 Å². The normalized spacial score (nSPS) is 16.3. The van der Waals surface area contributed by atoms with Crippen LogP contribution in [0.25, 0.3) is 0 Å². The van der Waals surface area contributed by atoms with Gasteiger partial charge >= 0.3 is 0 Å². The van der Waals surface area contributed by atoms with E-state index in [4.69, 9.17) is 0 Å². The Bertz CT molecular complexity index is 1220. The topological polar surface area (TPSA) is 47.1 Å². The number of hydrogen-bond donors (Lipinski definition) is 0. The Kier molecular flexibility index (Phi) is 8.28. The van der Waals surface area contributed by atoms with Gasteiger partial charge in [-0.15, -0.1) is 0 Å². The van der Waals surface area contributed by atoms with Crippen molar-refractivity contribution in [2.24, 2.45) is 0 Å². The molecular weight excluding hydrogens is 499 g/mol. The van der Waals surface area contributed by atoms with Crippen LogP contribution in [0.3, 0.4) is 0 Å². The van der Waals surface area contributed by atoms with Crippen LogP contribution in [0.5, 0.6) is 0 Å². The van der Waals surface area contributed by atoms with Gasteiger partial charge < -0.3 is 9.80 Å². The van der Waals surface area contributed by atoms with Crippen LogP contribution in [0.2, 0.25) is 0 Å². The molecule has 0 atom stereocenters. The second-order valence-electron chi connectivity index (χ2n) is 9.38. The van der Waals surface area contributed by atoms with Crippen molar-refractivity contribution in [3.8, 4) is 0 Å². The van der Waals surface area contributed by atoms with Gasteiger partial charge in [0.05, 0.1) is 17.8 Å². The molecule has 2 saturated heterocycles. The van der Waals surface area contributed by atoms with Gasteiger partial charge in [0.2, 0.25) is 0 Å². The third kappa shape index (κ3) is 6.19. The monoisotopic (exact) mass is 530 g/mol. The first-order chi connectivity index (χ1) is 18.6. The van der Waals surface area contributed by atoms with Crippen molar-refractivity contribution in [2.75, 3.05) is 44.2 Å². The van der Waals surface area contributed by atoms with Gasteiger partial charge in [-0.25, -0.2) is 4.39 Å². The van der Waals surface area contributed by atoms with E-state index in [1.807, 2.05) is 76.5 Å². The molecule has 0 bridgehead atoms. The summed E-state index contributed by atoms with van der Waals surface area (Å²) in [5.41, 5.74) is 3.05. The van der Waals surface area contributed by atoms with Crippen molar-refractivity contribution in [3.05, 3.63) is 114 Å². The molecule has 6 nitrogen and oxygen atoms in total. The molecule has 2 fully saturated rings. The van der Waals surface area contributed by atoms with Crippen molar-refractivity contribution < 1.29 is 14.0 Å². The maximum atomic E-state index is 14.3. The predicted molar refractivity (Wildman–Crippen MR) is 150 cm³/mol. The molecule has 2 heterocycles. The number of para-hydroxylation sites is 1. The average Bonchev–Trinajstić information content (AvgIpc) is 2.96. The minimum absolute atomic E-state index is 0.184. The summed E-state index contributed by atoms with van der Waals surface area (Å²) in [6.45, 7) is 3.41. The van der Waals surface area contributed by atoms with E-state index in [0.717, 1.165) is 11.1 Å². The molecule has 3 aromatic rings. The highest BCUT2D eigenvalue weighted by molar-refractivity contribution is 7.96. The molecule has 0 unspecified atom stereocenters. The van der Waals surface area contributed by atoms with Crippen molar-refractivity contribution in [3.63, 3.8) is 0 Å². The second kappa shape index (κ2) is 12.2. The maximum Gasteiger partial charge on any atom is 0.272 e. The summed E-state index contributed by atoms with van der Waals surface area (Å²) in [5, 5.41) is 0. The summed E-state index contributed by atoms with van der Waals surface area (Å²) in [4.78, 5) is 31.0. The molecule has 2 amide bonds. The highest BCUT2D eigenvalue weighted by Gasteiger charge is 2.37. The van der Waals surface area contributed by atoms with E-state index in [1.165, 1.54) is 18.2 Å². The number of halogens is 1. The van der Waals surface area contributed by atoms with Gasteiger partial charge in [0.15, 0.2) is 0 Å². The van der Waals surface area contributed by atoms with Crippen molar-refractivity contribution in [2.45, 2.75) is 12.8 Å². The number of carbonyl (C=O) groups excluding carboxylic acids is 2. The third-order valence-electron chi connectivity index (χ3n) is 6.82. The van der Waals surface area contributed by atoms with Crippen molar-refractivity contribution in [1.29, 1.82) is 0 Å². The van der Waals surface area contributed by atoms with E-state index >= 15 is 0 Å². The smallest absolute Gasteiger partial charge is 0.272 e. The molecule has 0 aliphatic carbocycles. The number of benzene rings is 3. The first kappa shape index (κ1) is 25.9. The van der Waals surface area contributed by atoms with E-state index in [9.17, 15) is 14.0 Å². The summed E-state index contributed by atoms with van der Waals surface area (Å²) < 4.78 is 17.6. The molecule has 8 heteroatoms. The van der Waals surface area contributed by atoms with Gasteiger partial charge in [0.25, 0.3) is 11.8 Å². The van der Waals surface area contributed by atoms with E-state index in [2.05, 4.69) is 0 Å². The first-order valence-corrected chi connectivity index (χ1v) is 13.7. The Morgan fingerprint density at radius 1 is 0.684 bits per heavy atom. The number of nitrogens with zero attached hydrogens (tertiary/aromatic N) is 4. The number of anilines is 1. The van der Waals surface area contributed by atoms with Crippen LogP contribution >= 0.6 is 12.1 Å². The Morgan fingerprint density at radius 3 is 1.71 bits per heavy atom. The van der Waals surface area contributed by atoms with Crippen LogP contribution in [0.4, 0.5) is 10.1 Å². The van der Waals surface area contributed by atoms with E-state index in [0.29, 0.717) is 57.8 Å². The van der Waals surface area contributed by atoms with Crippen LogP contribution in [-0.2, 0) is 22.4 Å². The third-order valence-corrected chi connectivity index (χ3v) is 7.91. The quantitative estimate of drug-likeness (QED) is 0.243. The van der Waals surface area contributed by atoms with Crippen LogP contribution in [-0.4, -0.2) is 64.6 Å². The molecule has 0 spiro atoms. The van der Waals surface area contributed by atoms with Crippen molar-refractivity contribution >= 4 is 29.6 Å². The summed E-state index contributed by atoms with van der Waals surface area (Å²) in [7, 11) is 0. The molecule has 196 valence electrons. The van der Waals surface area contributed by atoms with Crippen LogP contribution in [0.15, 0.2) is 96.7 Å². The Balaban J connectivity index is 1.30. The lowest BCUT2D eigenvalue weighted by molar-refractivity contribution is -0.131. The molecule has 0 saturated carbocycles. The standard InChI is InChI=1S/C30H31FN4O2S/c31-27-13-7-8-14-28(27)33-21-19-32(20-22-33)23-26-29(36)34(17-15-24-9-3-1-4-10-24)38-35(30(26)37)18-16-25-11-5-2-6-12-25/h1-14,23H,15-22H2. The van der Waals surface area contributed by atoms with E-state index < -0.39 is 0 Å². The minimum Gasteiger partial charge on any atom is -0.373 e. The fourth-order valence-electron chi connectivity index (χ4n) is 4.68. The number of piperazine rings is 1. The van der Waals surface area contributed by atoms with Crippen LogP contribution in [0, 0.1) is 5.82 Å². The molecule has 2 aliphatic heterocycles. The fourth-order valence-corrected chi connectivity index (χ4v) is 5.61. The number of amides is 2. The molecule has 38 heavy (non-hydrogen) atoms. The van der Waals surface area contributed by atoms with Gasteiger partial charge in [-0.2, -0.15) is 0 Å². The Labute approximate surface area is 227 Å². The molecular formula is C30H31FN4O2S. The molecule has 0 aromatic heterocycles. The lowest BCUT2D eigenvalue weighted by atomic mass is 10.1. The molecule has 0 N–H and O–H groups in total. The Hall–Kier alpha value is -3.78. The minimum atomic E-state index is -0.261. The van der Waals surface area contributed by atoms with Crippen LogP contribution in [0.1, 0.15) is 11.1 Å². The zero-order valence-electron chi connectivity index (χ0n) is 21.2. The van der Waals surface area contributed by atoms with Crippen LogP contribution < -0.4 is 4.90 Å². The second-order valence-corrected chi connectivity index (χ2v) is 10.4. The largest absolute Gasteiger partial charge is 0.373 e. The lowest BCUT2D eigenvalue weighted by Crippen LogP contribution is -2.48. The Morgan fingerprint density at radius 2 is 1.18 bits per heavy atom. The van der Waals surface area contributed by atoms with Gasteiger partial charge in [-0.3, -0.25) is 18.2 Å². The SMILES string of the molecule is O=C1C(=CN2CCN(c3ccccc3F)CC2)C(=O)N(CCc2ccccc2)SN1CCc1ccccc1. The summed E-state index contributed by atoms with van der Waals surface area (Å²) >= 11 is 1.21. The molecule has 3 aromatic carbocycles. The summed E-state index contributed by atoms with van der Waals surface area (Å²) in [6.07, 6.45) is 3.12. The maximum absolute atomic E-state index is 14.3. The number of carbonyl (C=O) groups is 2. The zero-order chi connectivity index (χ0) is 26.3. The fraction of sp³-hybridized carbons (Fsp3) is 0.267. The van der Waals surface area contributed by atoms with Gasteiger partial charge in [0, 0.05) is 45.5 Å². The lowest BCUT2D eigenvalue weighted by Gasteiger charge is -2.38. The van der Waals surface area contributed by atoms with Gasteiger partial charge in [-0.05, 0) is 36.1 Å². The highest BCUT2D eigenvalue weighted by Crippen LogP contribution is 2.29. The molecule has 5 rings (SSSR count). The molecule has 2 aliphatic rings. The average molecular weight is 531 g/mol. The summed E-state index contributed by atoms with van der Waals surface area (Å²) in [5.74, 6) is -0.760. The number of rotatable bonds is 8. The first-order valence-electron chi connectivity index (χ1n) is 12.9.